The molecule has 0 amide bonds. The lowest BCUT2D eigenvalue weighted by Crippen LogP contribution is -2.09. The molecule has 0 spiro atoms. The lowest BCUT2D eigenvalue weighted by atomic mass is 10.2. The second-order valence-electron chi connectivity index (χ2n) is 5.22. The van der Waals surface area contributed by atoms with E-state index in [1.165, 1.54) is 0 Å². The SMILES string of the molecule is Cc1nc(C)c(-c2n[nH]c(=O)c3nn(-c4ccccc4)cc23)s1. The van der Waals surface area contributed by atoms with E-state index in [1.54, 1.807) is 16.0 Å². The molecule has 0 aliphatic heterocycles. The molecule has 3 aromatic heterocycles. The minimum atomic E-state index is -0.294. The molecule has 7 heteroatoms. The fourth-order valence-electron chi connectivity index (χ4n) is 2.57. The predicted molar refractivity (Wildman–Crippen MR) is 90.1 cm³/mol. The highest BCUT2D eigenvalue weighted by molar-refractivity contribution is 7.15. The van der Waals surface area contributed by atoms with Crippen molar-refractivity contribution in [2.24, 2.45) is 0 Å². The number of nitrogens with zero attached hydrogens (tertiary/aromatic N) is 4. The Morgan fingerprint density at radius 3 is 2.65 bits per heavy atom. The Morgan fingerprint density at radius 2 is 1.96 bits per heavy atom. The number of aromatic nitrogens is 5. The lowest BCUT2D eigenvalue weighted by molar-refractivity contribution is 0.891. The van der Waals surface area contributed by atoms with Crippen molar-refractivity contribution in [2.75, 3.05) is 0 Å². The van der Waals surface area contributed by atoms with E-state index in [2.05, 4.69) is 20.3 Å². The standard InChI is InChI=1S/C16H13N5OS/c1-9-15(23-10(2)17-9)13-12-8-21(11-6-4-3-5-7-11)20-14(12)16(22)19-18-13/h3-8H,1-2H3,(H,19,22). The summed E-state index contributed by atoms with van der Waals surface area (Å²) in [6, 6.07) is 9.68. The van der Waals surface area contributed by atoms with Crippen molar-refractivity contribution < 1.29 is 0 Å². The molecule has 4 aromatic rings. The first kappa shape index (κ1) is 13.8. The molecule has 0 bridgehead atoms. The highest BCUT2D eigenvalue weighted by atomic mass is 32.1. The second kappa shape index (κ2) is 5.13. The topological polar surface area (TPSA) is 76.5 Å². The molecular formula is C16H13N5OS. The van der Waals surface area contributed by atoms with Gasteiger partial charge in [0.2, 0.25) is 0 Å². The van der Waals surface area contributed by atoms with Crippen LogP contribution in [0.15, 0.2) is 41.3 Å². The minimum absolute atomic E-state index is 0.294. The fraction of sp³-hybridized carbons (Fsp3) is 0.125. The van der Waals surface area contributed by atoms with Crippen LogP contribution in [0.5, 0.6) is 0 Å². The molecule has 114 valence electrons. The van der Waals surface area contributed by atoms with Crippen LogP contribution in [0.4, 0.5) is 0 Å². The summed E-state index contributed by atoms with van der Waals surface area (Å²) in [7, 11) is 0. The quantitative estimate of drug-likeness (QED) is 0.615. The Labute approximate surface area is 135 Å². The van der Waals surface area contributed by atoms with Gasteiger partial charge in [0.25, 0.3) is 5.56 Å². The van der Waals surface area contributed by atoms with Crippen LogP contribution in [-0.2, 0) is 0 Å². The molecule has 0 aliphatic carbocycles. The molecule has 3 heterocycles. The van der Waals surface area contributed by atoms with Crippen LogP contribution in [0.3, 0.4) is 0 Å². The number of hydrogen-bond donors (Lipinski definition) is 1. The second-order valence-corrected chi connectivity index (χ2v) is 6.42. The first-order valence-corrected chi connectivity index (χ1v) is 7.93. The Kier molecular flexibility index (Phi) is 3.09. The van der Waals surface area contributed by atoms with Gasteiger partial charge in [-0.3, -0.25) is 4.79 Å². The molecular weight excluding hydrogens is 310 g/mol. The first-order chi connectivity index (χ1) is 11.1. The van der Waals surface area contributed by atoms with Crippen molar-refractivity contribution in [3.63, 3.8) is 0 Å². The maximum atomic E-state index is 12.1. The maximum Gasteiger partial charge on any atom is 0.292 e. The van der Waals surface area contributed by atoms with Crippen molar-refractivity contribution in [3.05, 3.63) is 57.6 Å². The zero-order valence-electron chi connectivity index (χ0n) is 12.6. The Bertz CT molecular complexity index is 1060. The number of aryl methyl sites for hydroxylation is 2. The first-order valence-electron chi connectivity index (χ1n) is 7.11. The molecule has 6 nitrogen and oxygen atoms in total. The number of thiazole rings is 1. The largest absolute Gasteiger partial charge is 0.292 e. The van der Waals surface area contributed by atoms with E-state index in [1.807, 2.05) is 50.4 Å². The number of benzene rings is 1. The molecule has 0 atom stereocenters. The zero-order chi connectivity index (χ0) is 16.0. The number of aromatic amines is 1. The number of rotatable bonds is 2. The van der Waals surface area contributed by atoms with Crippen molar-refractivity contribution in [1.29, 1.82) is 0 Å². The average Bonchev–Trinajstić information content (AvgIpc) is 3.13. The highest BCUT2D eigenvalue weighted by Gasteiger charge is 2.17. The summed E-state index contributed by atoms with van der Waals surface area (Å²) < 4.78 is 1.70. The van der Waals surface area contributed by atoms with Gasteiger partial charge in [0.1, 0.15) is 5.69 Å². The molecule has 1 N–H and O–H groups in total. The predicted octanol–water partition coefficient (Wildman–Crippen LogP) is 2.85. The van der Waals surface area contributed by atoms with Crippen molar-refractivity contribution >= 4 is 22.2 Å². The molecule has 0 aliphatic rings. The summed E-state index contributed by atoms with van der Waals surface area (Å²) >= 11 is 1.56. The number of nitrogens with one attached hydrogen (secondary N) is 1. The fourth-order valence-corrected chi connectivity index (χ4v) is 3.50. The number of H-pyrrole nitrogens is 1. The molecule has 0 fully saturated rings. The summed E-state index contributed by atoms with van der Waals surface area (Å²) in [5, 5.41) is 12.9. The van der Waals surface area contributed by atoms with Gasteiger partial charge in [-0.2, -0.15) is 10.2 Å². The molecule has 0 saturated carbocycles. The van der Waals surface area contributed by atoms with Crippen LogP contribution in [0.25, 0.3) is 27.2 Å². The van der Waals surface area contributed by atoms with Gasteiger partial charge in [0.15, 0.2) is 5.52 Å². The van der Waals surface area contributed by atoms with E-state index in [4.69, 9.17) is 0 Å². The van der Waals surface area contributed by atoms with Crippen LogP contribution in [0, 0.1) is 13.8 Å². The maximum absolute atomic E-state index is 12.1. The summed E-state index contributed by atoms with van der Waals surface area (Å²) in [6.07, 6.45) is 1.84. The molecule has 0 saturated heterocycles. The van der Waals surface area contributed by atoms with Crippen LogP contribution >= 0.6 is 11.3 Å². The van der Waals surface area contributed by atoms with Gasteiger partial charge < -0.3 is 0 Å². The van der Waals surface area contributed by atoms with Crippen molar-refractivity contribution in [2.45, 2.75) is 13.8 Å². The minimum Gasteiger partial charge on any atom is -0.265 e. The van der Waals surface area contributed by atoms with E-state index in [0.29, 0.717) is 11.2 Å². The number of fused-ring (bicyclic) bond motifs is 1. The van der Waals surface area contributed by atoms with E-state index >= 15 is 0 Å². The lowest BCUT2D eigenvalue weighted by Gasteiger charge is -1.99. The molecule has 4 rings (SSSR count). The Morgan fingerprint density at radius 1 is 1.17 bits per heavy atom. The summed E-state index contributed by atoms with van der Waals surface area (Å²) in [5.74, 6) is 0. The van der Waals surface area contributed by atoms with E-state index in [9.17, 15) is 4.79 Å². The summed E-state index contributed by atoms with van der Waals surface area (Å²) in [5.41, 5.74) is 2.60. The van der Waals surface area contributed by atoms with Crippen LogP contribution < -0.4 is 5.56 Å². The van der Waals surface area contributed by atoms with Gasteiger partial charge in [-0.15, -0.1) is 11.3 Å². The summed E-state index contributed by atoms with van der Waals surface area (Å²) in [4.78, 5) is 17.5. The van der Waals surface area contributed by atoms with Gasteiger partial charge in [-0.05, 0) is 26.0 Å². The normalized spacial score (nSPS) is 11.2. The molecule has 23 heavy (non-hydrogen) atoms. The van der Waals surface area contributed by atoms with Crippen molar-refractivity contribution in [1.82, 2.24) is 25.0 Å². The van der Waals surface area contributed by atoms with E-state index < -0.39 is 0 Å². The average molecular weight is 323 g/mol. The molecule has 0 unspecified atom stereocenters. The third kappa shape index (κ3) is 2.25. The van der Waals surface area contributed by atoms with Gasteiger partial charge in [0, 0.05) is 6.20 Å². The van der Waals surface area contributed by atoms with Crippen LogP contribution in [0.2, 0.25) is 0 Å². The Balaban J connectivity index is 2.00. The third-order valence-electron chi connectivity index (χ3n) is 3.59. The van der Waals surface area contributed by atoms with E-state index in [-0.39, 0.29) is 5.56 Å². The number of para-hydroxylation sites is 1. The van der Waals surface area contributed by atoms with Crippen LogP contribution in [-0.4, -0.2) is 25.0 Å². The Hall–Kier alpha value is -2.80. The van der Waals surface area contributed by atoms with Gasteiger partial charge in [0.05, 0.1) is 26.7 Å². The third-order valence-corrected chi connectivity index (χ3v) is 4.67. The van der Waals surface area contributed by atoms with Gasteiger partial charge in [-0.25, -0.2) is 14.8 Å². The highest BCUT2D eigenvalue weighted by Crippen LogP contribution is 2.32. The smallest absolute Gasteiger partial charge is 0.265 e. The molecule has 0 radical (unpaired) electrons. The molecule has 1 aromatic carbocycles. The van der Waals surface area contributed by atoms with Gasteiger partial charge >= 0.3 is 0 Å². The number of hydrogen-bond acceptors (Lipinski definition) is 5. The van der Waals surface area contributed by atoms with Crippen LogP contribution in [0.1, 0.15) is 10.7 Å². The van der Waals surface area contributed by atoms with E-state index in [0.717, 1.165) is 26.7 Å². The zero-order valence-corrected chi connectivity index (χ0v) is 13.4. The monoisotopic (exact) mass is 323 g/mol. The van der Waals surface area contributed by atoms with Crippen molar-refractivity contribution in [3.8, 4) is 16.3 Å². The summed E-state index contributed by atoms with van der Waals surface area (Å²) in [6.45, 7) is 3.90. The van der Waals surface area contributed by atoms with Gasteiger partial charge in [-0.1, -0.05) is 18.2 Å².